The lowest BCUT2D eigenvalue weighted by Gasteiger charge is -2.19. The summed E-state index contributed by atoms with van der Waals surface area (Å²) in [6.45, 7) is 8.25. The van der Waals surface area contributed by atoms with E-state index in [0.29, 0.717) is 90.4 Å². The third kappa shape index (κ3) is 24.2. The number of isocyanates is 3. The fourth-order valence-corrected chi connectivity index (χ4v) is 7.51. The standard InChI is InChI=1S/C24H36N6O6.C24H39N5O5/c1-2-3-8-13-21(36-18-25)30-23(34)28(16-11-6-4-9-14-26-19-31)22(33)29(24(30)35)17-12-7-5-10-15-27-20-32;1-3-5-7-8-13-17-27-22-29(21(33-19-25)15-11-6-4-2)23(31)28(24(32)34-22)18-14-10-9-12-16-26-20-30/h21H,2-17H2,1H3;21H,3-18H2,1-2H3. The maximum Gasteiger partial charge on any atom is 0.425 e. The third-order valence-electron chi connectivity index (χ3n) is 11.3. The number of hydrogen-bond acceptors (Lipinski definition) is 17. The second kappa shape index (κ2) is 40.4. The van der Waals surface area contributed by atoms with E-state index < -0.39 is 41.0 Å². The van der Waals surface area contributed by atoms with Crippen LogP contribution in [0, 0.1) is 23.0 Å². The molecule has 0 fully saturated rings. The Morgan fingerprint density at radius 1 is 0.457 bits per heavy atom. The molecule has 70 heavy (non-hydrogen) atoms. The Balaban J connectivity index is 0.000000701. The van der Waals surface area contributed by atoms with Crippen molar-refractivity contribution >= 4 is 18.2 Å². The summed E-state index contributed by atoms with van der Waals surface area (Å²) in [6, 6.07) is 0. The first kappa shape index (κ1) is 61.6. The Labute approximate surface area is 409 Å². The van der Waals surface area contributed by atoms with Gasteiger partial charge in [0.1, 0.15) is 0 Å². The maximum absolute atomic E-state index is 13.3. The summed E-state index contributed by atoms with van der Waals surface area (Å²) >= 11 is 0. The van der Waals surface area contributed by atoms with E-state index in [1.165, 1.54) is 22.8 Å². The molecule has 2 atom stereocenters. The predicted octanol–water partition coefficient (Wildman–Crippen LogP) is 6.49. The van der Waals surface area contributed by atoms with Crippen LogP contribution < -0.4 is 34.2 Å². The van der Waals surface area contributed by atoms with Crippen molar-refractivity contribution in [1.82, 2.24) is 22.8 Å². The lowest BCUT2D eigenvalue weighted by molar-refractivity contribution is 0.0587. The topological polar surface area (TPSA) is 290 Å². The minimum absolute atomic E-state index is 0.0924. The molecule has 2 heterocycles. The van der Waals surface area contributed by atoms with Crippen LogP contribution >= 0.6 is 0 Å². The van der Waals surface area contributed by atoms with Gasteiger partial charge in [-0.3, -0.25) is 0 Å². The molecule has 0 bridgehead atoms. The molecule has 2 unspecified atom stereocenters. The largest absolute Gasteiger partial charge is 0.425 e. The number of carbonyl (C=O) groups excluding carboxylic acids is 3. The Hall–Kier alpha value is -6.46. The highest BCUT2D eigenvalue weighted by Gasteiger charge is 2.24. The van der Waals surface area contributed by atoms with Crippen molar-refractivity contribution in [3.63, 3.8) is 0 Å². The molecule has 2 rings (SSSR count). The number of aromatic nitrogens is 5. The molecule has 0 aliphatic heterocycles. The molecular weight excluding hydrogens is 907 g/mol. The van der Waals surface area contributed by atoms with Crippen LogP contribution in [-0.2, 0) is 43.5 Å². The van der Waals surface area contributed by atoms with E-state index in [9.17, 15) is 38.4 Å². The van der Waals surface area contributed by atoms with E-state index in [1.807, 2.05) is 6.92 Å². The number of nitrogens with zero attached hydrogens (tertiary/aromatic N) is 11. The molecule has 0 aliphatic carbocycles. The maximum atomic E-state index is 13.3. The van der Waals surface area contributed by atoms with Crippen LogP contribution in [0.1, 0.15) is 194 Å². The number of hydrogen-bond donors (Lipinski definition) is 0. The van der Waals surface area contributed by atoms with Gasteiger partial charge in [0, 0.05) is 39.0 Å². The van der Waals surface area contributed by atoms with Gasteiger partial charge in [-0.15, -0.1) is 0 Å². The fourth-order valence-electron chi connectivity index (χ4n) is 7.51. The predicted molar refractivity (Wildman–Crippen MR) is 260 cm³/mol. The van der Waals surface area contributed by atoms with Gasteiger partial charge in [0.05, 0.1) is 19.6 Å². The number of ether oxygens (including phenoxy) is 2. The Morgan fingerprint density at radius 2 is 0.814 bits per heavy atom. The van der Waals surface area contributed by atoms with Crippen LogP contribution in [0.5, 0.6) is 0 Å². The molecule has 0 saturated heterocycles. The van der Waals surface area contributed by atoms with Gasteiger partial charge in [-0.2, -0.15) is 10.5 Å². The van der Waals surface area contributed by atoms with Gasteiger partial charge in [-0.25, -0.2) is 81.2 Å². The average Bonchev–Trinajstić information content (AvgIpc) is 3.34. The quantitative estimate of drug-likeness (QED) is 0.0300. The molecule has 0 N–H and O–H groups in total. The third-order valence-corrected chi connectivity index (χ3v) is 11.3. The monoisotopic (exact) mass is 982 g/mol. The van der Waals surface area contributed by atoms with Crippen molar-refractivity contribution in [2.24, 2.45) is 20.0 Å². The van der Waals surface area contributed by atoms with E-state index in [0.717, 1.165) is 115 Å². The van der Waals surface area contributed by atoms with Crippen LogP contribution in [0.15, 0.2) is 48.4 Å². The van der Waals surface area contributed by atoms with Gasteiger partial charge in [-0.1, -0.05) is 111 Å². The molecule has 2 aromatic rings. The van der Waals surface area contributed by atoms with Crippen molar-refractivity contribution in [3.05, 3.63) is 58.2 Å². The first-order valence-corrected chi connectivity index (χ1v) is 25.2. The van der Waals surface area contributed by atoms with Crippen LogP contribution in [0.3, 0.4) is 0 Å². The first-order valence-electron chi connectivity index (χ1n) is 25.2. The lowest BCUT2D eigenvalue weighted by Crippen LogP contribution is -2.55. The van der Waals surface area contributed by atoms with E-state index in [2.05, 4.69) is 33.8 Å². The number of rotatable bonds is 39. The molecule has 0 aliphatic rings. The summed E-state index contributed by atoms with van der Waals surface area (Å²) in [5.41, 5.74) is -2.92. The molecule has 0 saturated carbocycles. The van der Waals surface area contributed by atoms with Crippen molar-refractivity contribution in [2.45, 2.75) is 213 Å². The first-order chi connectivity index (χ1) is 34.1. The molecule has 2 aromatic heterocycles. The van der Waals surface area contributed by atoms with Gasteiger partial charge >= 0.3 is 34.2 Å². The van der Waals surface area contributed by atoms with E-state index in [1.54, 1.807) is 12.5 Å². The minimum atomic E-state index is -1.08. The van der Waals surface area contributed by atoms with Gasteiger partial charge in [-0.05, 0) is 57.8 Å². The lowest BCUT2D eigenvalue weighted by atomic mass is 10.2. The second-order valence-electron chi connectivity index (χ2n) is 16.8. The SMILES string of the molecule is CCCCCC(OC#N)n1c(=O)n(CCCCCCN=C=O)c(=O)n(CCCCCCN=C=O)c1=O.CCCCCCCN=c1oc(=O)n(CCCCCCN=C=O)c(=O)n1C(CCCCC)OC#N. The molecule has 0 radical (unpaired) electrons. The zero-order valence-corrected chi connectivity index (χ0v) is 41.7. The minimum Gasteiger partial charge on any atom is -0.401 e. The van der Waals surface area contributed by atoms with Crippen molar-refractivity contribution < 1.29 is 28.3 Å². The van der Waals surface area contributed by atoms with Gasteiger partial charge in [0.15, 0.2) is 12.5 Å². The van der Waals surface area contributed by atoms with Crippen molar-refractivity contribution in [1.29, 1.82) is 10.5 Å². The average molecular weight is 982 g/mol. The highest BCUT2D eigenvalue weighted by Crippen LogP contribution is 2.15. The molecule has 0 aromatic carbocycles. The molecular formula is C48H75N11O11. The van der Waals surface area contributed by atoms with Gasteiger partial charge < -0.3 is 13.9 Å². The van der Waals surface area contributed by atoms with Gasteiger partial charge in [0.2, 0.25) is 18.2 Å². The molecule has 0 spiro atoms. The summed E-state index contributed by atoms with van der Waals surface area (Å²) in [4.78, 5) is 111. The van der Waals surface area contributed by atoms with Crippen LogP contribution in [-0.4, -0.2) is 67.3 Å². The number of nitriles is 2. The van der Waals surface area contributed by atoms with E-state index in [-0.39, 0.29) is 25.3 Å². The summed E-state index contributed by atoms with van der Waals surface area (Å²) in [5.74, 6) is -0.763. The zero-order chi connectivity index (χ0) is 51.6. The molecule has 0 amide bonds. The van der Waals surface area contributed by atoms with E-state index in [4.69, 9.17) is 24.4 Å². The fraction of sp³-hybridized carbons (Fsp3) is 0.771. The van der Waals surface area contributed by atoms with Crippen LogP contribution in [0.25, 0.3) is 0 Å². The number of aliphatic imine (C=N–C) groups is 3. The number of unbranched alkanes of at least 4 members (excludes halogenated alkanes) is 17. The molecule has 388 valence electrons. The van der Waals surface area contributed by atoms with Crippen LogP contribution in [0.4, 0.5) is 0 Å². The van der Waals surface area contributed by atoms with Crippen molar-refractivity contribution in [2.75, 3.05) is 26.2 Å². The molecule has 22 nitrogen and oxygen atoms in total. The Bertz CT molecular complexity index is 2330. The summed E-state index contributed by atoms with van der Waals surface area (Å²) < 4.78 is 21.0. The van der Waals surface area contributed by atoms with E-state index >= 15 is 0 Å². The highest BCUT2D eigenvalue weighted by atomic mass is 16.5. The summed E-state index contributed by atoms with van der Waals surface area (Å²) in [5, 5.41) is 18.3. The van der Waals surface area contributed by atoms with Crippen molar-refractivity contribution in [3.8, 4) is 12.5 Å². The zero-order valence-electron chi connectivity index (χ0n) is 41.7. The second-order valence-corrected chi connectivity index (χ2v) is 16.8. The highest BCUT2D eigenvalue weighted by molar-refractivity contribution is 5.33. The Morgan fingerprint density at radius 3 is 1.23 bits per heavy atom. The Kier molecular flexibility index (Phi) is 35.6. The van der Waals surface area contributed by atoms with Gasteiger partial charge in [0.25, 0.3) is 12.5 Å². The normalized spacial score (nSPS) is 11.7. The summed E-state index contributed by atoms with van der Waals surface area (Å²) in [7, 11) is 0. The smallest absolute Gasteiger partial charge is 0.401 e. The molecule has 22 heteroatoms. The van der Waals surface area contributed by atoms with Crippen LogP contribution in [0.2, 0.25) is 0 Å². The summed E-state index contributed by atoms with van der Waals surface area (Å²) in [6.07, 6.45) is 25.1.